The Hall–Kier alpha value is -2.41. The lowest BCUT2D eigenvalue weighted by Gasteiger charge is -2.08. The van der Waals surface area contributed by atoms with Gasteiger partial charge in [-0.25, -0.2) is 9.78 Å². The van der Waals surface area contributed by atoms with Crippen molar-refractivity contribution in [2.75, 3.05) is 5.73 Å². The minimum absolute atomic E-state index is 0.0383. The number of carbonyl (C=O) groups is 2. The van der Waals surface area contributed by atoms with Crippen LogP contribution in [0.2, 0.25) is 0 Å². The maximum absolute atomic E-state index is 12.1. The van der Waals surface area contributed by atoms with Crippen molar-refractivity contribution < 1.29 is 14.7 Å². The molecular weight excluding hydrogens is 338 g/mol. The number of nitrogens with two attached hydrogens (primary N) is 1. The summed E-state index contributed by atoms with van der Waals surface area (Å²) in [5.41, 5.74) is 7.25. The van der Waals surface area contributed by atoms with Crippen LogP contribution in [0, 0.1) is 0 Å². The number of pyridine rings is 1. The molecule has 2 aromatic rings. The molecule has 0 aliphatic carbocycles. The van der Waals surface area contributed by atoms with Crippen LogP contribution < -0.4 is 11.1 Å². The van der Waals surface area contributed by atoms with E-state index in [0.717, 1.165) is 0 Å². The van der Waals surface area contributed by atoms with E-state index >= 15 is 0 Å². The molecule has 4 N–H and O–H groups in total. The summed E-state index contributed by atoms with van der Waals surface area (Å²) in [6.45, 7) is 0.243. The summed E-state index contributed by atoms with van der Waals surface area (Å²) in [6, 6.07) is 7.96. The minimum atomic E-state index is -1.09. The van der Waals surface area contributed by atoms with E-state index in [1.165, 1.54) is 12.3 Å². The van der Waals surface area contributed by atoms with Crippen LogP contribution in [0.25, 0.3) is 0 Å². The van der Waals surface area contributed by atoms with E-state index in [4.69, 9.17) is 10.8 Å². The summed E-state index contributed by atoms with van der Waals surface area (Å²) in [5, 5.41) is 11.5. The number of nitrogens with zero attached hydrogens (tertiary/aromatic N) is 1. The molecule has 2 rings (SSSR count). The zero-order valence-electron chi connectivity index (χ0n) is 10.8. The highest BCUT2D eigenvalue weighted by atomic mass is 79.9. The lowest BCUT2D eigenvalue weighted by molar-refractivity contribution is 0.0690. The van der Waals surface area contributed by atoms with Crippen molar-refractivity contribution in [2.24, 2.45) is 0 Å². The number of aromatic carboxylic acids is 1. The van der Waals surface area contributed by atoms with Gasteiger partial charge in [0.1, 0.15) is 5.69 Å². The first-order chi connectivity index (χ1) is 9.97. The Kier molecular flexibility index (Phi) is 4.54. The predicted molar refractivity (Wildman–Crippen MR) is 80.9 cm³/mol. The molecule has 0 aliphatic rings. The number of carbonyl (C=O) groups excluding carboxylic acids is 1. The van der Waals surface area contributed by atoms with Crippen LogP contribution >= 0.6 is 15.9 Å². The van der Waals surface area contributed by atoms with Gasteiger partial charge >= 0.3 is 5.97 Å². The molecule has 0 unspecified atom stereocenters. The van der Waals surface area contributed by atoms with Gasteiger partial charge in [0.15, 0.2) is 0 Å². The number of amides is 1. The van der Waals surface area contributed by atoms with E-state index in [9.17, 15) is 9.59 Å². The van der Waals surface area contributed by atoms with Crippen molar-refractivity contribution in [3.8, 4) is 0 Å². The number of nitrogen functional groups attached to an aromatic ring is 1. The summed E-state index contributed by atoms with van der Waals surface area (Å²) >= 11 is 3.29. The molecule has 108 valence electrons. The lowest BCUT2D eigenvalue weighted by Crippen LogP contribution is -2.23. The van der Waals surface area contributed by atoms with Gasteiger partial charge in [-0.05, 0) is 45.8 Å². The van der Waals surface area contributed by atoms with Crippen LogP contribution in [0.4, 0.5) is 5.69 Å². The number of anilines is 1. The molecule has 1 amide bonds. The fourth-order valence-electron chi connectivity index (χ4n) is 1.65. The molecule has 1 heterocycles. The van der Waals surface area contributed by atoms with Gasteiger partial charge in [-0.1, -0.05) is 6.07 Å². The first kappa shape index (κ1) is 15.0. The molecule has 7 heteroatoms. The van der Waals surface area contributed by atoms with Gasteiger partial charge in [0.2, 0.25) is 0 Å². The molecule has 6 nitrogen and oxygen atoms in total. The van der Waals surface area contributed by atoms with Crippen molar-refractivity contribution in [3.05, 3.63) is 57.8 Å². The summed E-state index contributed by atoms with van der Waals surface area (Å²) < 4.78 is 0.647. The maximum atomic E-state index is 12.1. The minimum Gasteiger partial charge on any atom is -0.477 e. The average Bonchev–Trinajstić information content (AvgIpc) is 2.47. The molecule has 0 bridgehead atoms. The topological polar surface area (TPSA) is 105 Å². The lowest BCUT2D eigenvalue weighted by atomic mass is 10.2. The highest BCUT2D eigenvalue weighted by Crippen LogP contribution is 2.19. The predicted octanol–water partition coefficient (Wildman–Crippen LogP) is 2.05. The zero-order chi connectivity index (χ0) is 15.4. The van der Waals surface area contributed by atoms with Crippen molar-refractivity contribution in [3.63, 3.8) is 0 Å². The number of hydrogen-bond acceptors (Lipinski definition) is 4. The number of halogens is 1. The average molecular weight is 350 g/mol. The van der Waals surface area contributed by atoms with E-state index in [2.05, 4.69) is 26.2 Å². The Balaban J connectivity index is 2.04. The third-order valence-corrected chi connectivity index (χ3v) is 3.42. The SMILES string of the molecule is Nc1ccc(Br)c(C(=O)NCc2ccc(C(=O)O)nc2)c1. The molecule has 0 saturated heterocycles. The van der Waals surface area contributed by atoms with Crippen molar-refractivity contribution in [1.82, 2.24) is 10.3 Å². The van der Waals surface area contributed by atoms with Crippen molar-refractivity contribution >= 4 is 33.5 Å². The smallest absolute Gasteiger partial charge is 0.354 e. The van der Waals surface area contributed by atoms with Crippen molar-refractivity contribution in [1.29, 1.82) is 0 Å². The second-order valence-electron chi connectivity index (χ2n) is 4.28. The first-order valence-corrected chi connectivity index (χ1v) is 6.78. The van der Waals surface area contributed by atoms with Crippen LogP contribution in [0.1, 0.15) is 26.4 Å². The third kappa shape index (κ3) is 3.79. The van der Waals surface area contributed by atoms with Crippen LogP contribution in [-0.2, 0) is 6.54 Å². The van der Waals surface area contributed by atoms with Crippen LogP contribution in [0.15, 0.2) is 41.0 Å². The molecule has 21 heavy (non-hydrogen) atoms. The number of nitrogens with one attached hydrogen (secondary N) is 1. The first-order valence-electron chi connectivity index (χ1n) is 5.99. The standard InChI is InChI=1S/C14H12BrN3O3/c15-11-3-2-9(16)5-10(11)13(19)18-7-8-1-4-12(14(20)21)17-6-8/h1-6H,7,16H2,(H,18,19)(H,20,21). The van der Waals surface area contributed by atoms with E-state index in [1.807, 2.05) is 0 Å². The van der Waals surface area contributed by atoms with Gasteiger partial charge in [0.05, 0.1) is 5.56 Å². The van der Waals surface area contributed by atoms with Crippen LogP contribution in [0.3, 0.4) is 0 Å². The molecule has 0 atom stereocenters. The summed E-state index contributed by atoms with van der Waals surface area (Å²) in [4.78, 5) is 26.5. The number of carboxylic acids is 1. The Morgan fingerprint density at radius 1 is 1.29 bits per heavy atom. The second kappa shape index (κ2) is 6.36. The molecule has 0 aliphatic heterocycles. The van der Waals surface area contributed by atoms with Gasteiger partial charge in [0.25, 0.3) is 5.91 Å². The van der Waals surface area contributed by atoms with Gasteiger partial charge in [-0.15, -0.1) is 0 Å². The quantitative estimate of drug-likeness (QED) is 0.732. The van der Waals surface area contributed by atoms with E-state index < -0.39 is 5.97 Å². The van der Waals surface area contributed by atoms with E-state index in [-0.39, 0.29) is 18.1 Å². The Morgan fingerprint density at radius 2 is 2.05 bits per heavy atom. The number of rotatable bonds is 4. The van der Waals surface area contributed by atoms with E-state index in [1.54, 1.807) is 24.3 Å². The summed E-state index contributed by atoms with van der Waals surface area (Å²) in [5.74, 6) is -1.37. The van der Waals surface area contributed by atoms with Crippen LogP contribution in [0.5, 0.6) is 0 Å². The molecule has 1 aromatic carbocycles. The Labute approximate surface area is 129 Å². The highest BCUT2D eigenvalue weighted by molar-refractivity contribution is 9.10. The third-order valence-electron chi connectivity index (χ3n) is 2.73. The second-order valence-corrected chi connectivity index (χ2v) is 5.13. The molecule has 0 saturated carbocycles. The maximum Gasteiger partial charge on any atom is 0.354 e. The van der Waals surface area contributed by atoms with E-state index in [0.29, 0.717) is 21.3 Å². The Morgan fingerprint density at radius 3 is 2.67 bits per heavy atom. The molecule has 0 fully saturated rings. The number of carboxylic acid groups (broad SMARTS) is 1. The monoisotopic (exact) mass is 349 g/mol. The zero-order valence-corrected chi connectivity index (χ0v) is 12.4. The molecule has 0 spiro atoms. The van der Waals surface area contributed by atoms with Crippen LogP contribution in [-0.4, -0.2) is 22.0 Å². The van der Waals surface area contributed by atoms with Gasteiger partial charge in [0, 0.05) is 22.9 Å². The summed E-state index contributed by atoms with van der Waals surface area (Å²) in [6.07, 6.45) is 1.41. The van der Waals surface area contributed by atoms with Gasteiger partial charge < -0.3 is 16.2 Å². The normalized spacial score (nSPS) is 10.1. The summed E-state index contributed by atoms with van der Waals surface area (Å²) in [7, 11) is 0. The fraction of sp³-hybridized carbons (Fsp3) is 0.0714. The van der Waals surface area contributed by atoms with Gasteiger partial charge in [-0.2, -0.15) is 0 Å². The number of hydrogen-bond donors (Lipinski definition) is 3. The molecule has 1 aromatic heterocycles. The fourth-order valence-corrected chi connectivity index (χ4v) is 2.08. The number of aromatic nitrogens is 1. The Bertz CT molecular complexity index is 686. The number of benzene rings is 1. The molecular formula is C14H12BrN3O3. The molecule has 0 radical (unpaired) electrons. The highest BCUT2D eigenvalue weighted by Gasteiger charge is 2.10. The largest absolute Gasteiger partial charge is 0.477 e. The van der Waals surface area contributed by atoms with Crippen molar-refractivity contribution in [2.45, 2.75) is 6.54 Å². The van der Waals surface area contributed by atoms with Gasteiger partial charge in [-0.3, -0.25) is 4.79 Å².